The molecule has 0 aromatic rings. The highest BCUT2D eigenvalue weighted by molar-refractivity contribution is 8.70. The van der Waals surface area contributed by atoms with E-state index in [1.165, 1.54) is 10.8 Å². The van der Waals surface area contributed by atoms with Crippen LogP contribution >= 0.6 is 10.8 Å². The van der Waals surface area contributed by atoms with Crippen LogP contribution in [0, 0.1) is 5.92 Å². The van der Waals surface area contributed by atoms with E-state index in [-0.39, 0.29) is 22.4 Å². The molecule has 0 saturated carbocycles. The quantitative estimate of drug-likeness (QED) is 0.414. The maximum Gasteiger partial charge on any atom is 0.228 e. The number of hydrogen-bond acceptors (Lipinski definition) is 3. The average molecular weight is 177 g/mol. The van der Waals surface area contributed by atoms with Gasteiger partial charge in [-0.15, -0.1) is 0 Å². The van der Waals surface area contributed by atoms with Crippen molar-refractivity contribution in [3.8, 4) is 0 Å². The molecule has 0 aliphatic carbocycles. The minimum absolute atomic E-state index is 0.0193. The molecule has 2 rings (SSSR count). The van der Waals surface area contributed by atoms with Crippen LogP contribution in [0.3, 0.4) is 0 Å². The summed E-state index contributed by atoms with van der Waals surface area (Å²) >= 11 is 0. The highest BCUT2D eigenvalue weighted by Crippen LogP contribution is 2.42. The Bertz CT molecular complexity index is 218. The van der Waals surface area contributed by atoms with Crippen molar-refractivity contribution >= 4 is 26.5 Å². The minimum atomic E-state index is -0.853. The summed E-state index contributed by atoms with van der Waals surface area (Å²) < 4.78 is 11.1. The number of rotatable bonds is 0. The van der Waals surface area contributed by atoms with Crippen LogP contribution in [0.25, 0.3) is 0 Å². The van der Waals surface area contributed by atoms with E-state index in [1.807, 2.05) is 6.92 Å². The molecule has 2 aliphatic heterocycles. The van der Waals surface area contributed by atoms with Crippen LogP contribution in [0.5, 0.6) is 0 Å². The second kappa shape index (κ2) is 1.98. The molecule has 2 saturated heterocycles. The van der Waals surface area contributed by atoms with E-state index < -0.39 is 9.83 Å². The molecule has 0 aromatic heterocycles. The van der Waals surface area contributed by atoms with Gasteiger partial charge >= 0.3 is 0 Å². The summed E-state index contributed by atoms with van der Waals surface area (Å²) in [5.74, 6) is 0.0849. The van der Waals surface area contributed by atoms with Crippen LogP contribution in [-0.2, 0) is 14.6 Å². The third kappa shape index (κ3) is 0.674. The Labute approximate surface area is 64.8 Å². The molecule has 10 heavy (non-hydrogen) atoms. The number of carbonyl (C=O) groups is 1. The Morgan fingerprint density at radius 1 is 1.70 bits per heavy atom. The summed E-state index contributed by atoms with van der Waals surface area (Å²) in [7, 11) is 0.515. The van der Waals surface area contributed by atoms with Gasteiger partial charge in [-0.2, -0.15) is 0 Å². The standard InChI is InChI=1S/C5H7NO2S2/c1-2-3-4(7)6-5(3)9-10(2)8/h2-3,5H,1H3,(H,6,7). The Kier molecular flexibility index (Phi) is 1.32. The maximum absolute atomic E-state index is 11.1. The van der Waals surface area contributed by atoms with Crippen LogP contribution < -0.4 is 5.32 Å². The van der Waals surface area contributed by atoms with Crippen molar-refractivity contribution in [2.45, 2.75) is 17.5 Å². The van der Waals surface area contributed by atoms with E-state index >= 15 is 0 Å². The van der Waals surface area contributed by atoms with Crippen molar-refractivity contribution in [2.24, 2.45) is 5.92 Å². The molecule has 5 heteroatoms. The Morgan fingerprint density at radius 3 is 2.80 bits per heavy atom. The van der Waals surface area contributed by atoms with Gasteiger partial charge in [-0.3, -0.25) is 4.79 Å². The number of amides is 1. The van der Waals surface area contributed by atoms with Crippen molar-refractivity contribution in [2.75, 3.05) is 0 Å². The van der Waals surface area contributed by atoms with Crippen molar-refractivity contribution in [3.05, 3.63) is 0 Å². The lowest BCUT2D eigenvalue weighted by molar-refractivity contribution is -0.131. The lowest BCUT2D eigenvalue weighted by Gasteiger charge is -2.30. The summed E-state index contributed by atoms with van der Waals surface area (Å²) in [6, 6.07) is 0. The third-order valence-corrected chi connectivity index (χ3v) is 5.73. The van der Waals surface area contributed by atoms with Crippen molar-refractivity contribution in [1.82, 2.24) is 5.32 Å². The van der Waals surface area contributed by atoms with Crippen molar-refractivity contribution in [1.29, 1.82) is 0 Å². The van der Waals surface area contributed by atoms with Crippen LogP contribution in [0.1, 0.15) is 6.92 Å². The van der Waals surface area contributed by atoms with E-state index in [0.717, 1.165) is 0 Å². The first-order valence-electron chi connectivity index (χ1n) is 3.08. The van der Waals surface area contributed by atoms with Gasteiger partial charge in [-0.1, -0.05) is 0 Å². The van der Waals surface area contributed by atoms with Crippen molar-refractivity contribution < 1.29 is 9.00 Å². The predicted molar refractivity (Wildman–Crippen MR) is 40.6 cm³/mol. The molecule has 0 spiro atoms. The summed E-state index contributed by atoms with van der Waals surface area (Å²) in [5, 5.41) is 2.88. The van der Waals surface area contributed by atoms with Crippen LogP contribution in [0.4, 0.5) is 0 Å². The summed E-state index contributed by atoms with van der Waals surface area (Å²) in [4.78, 5) is 10.8. The Hall–Kier alpha value is -0.0300. The molecule has 4 atom stereocenters. The monoisotopic (exact) mass is 177 g/mol. The largest absolute Gasteiger partial charge is 0.342 e. The zero-order valence-corrected chi connectivity index (χ0v) is 7.00. The summed E-state index contributed by atoms with van der Waals surface area (Å²) in [6.07, 6.45) is 0. The zero-order valence-electron chi connectivity index (χ0n) is 5.37. The first kappa shape index (κ1) is 6.67. The summed E-state index contributed by atoms with van der Waals surface area (Å²) in [6.45, 7) is 1.87. The van der Waals surface area contributed by atoms with E-state index in [4.69, 9.17) is 0 Å². The normalized spacial score (nSPS) is 51.5. The molecular weight excluding hydrogens is 170 g/mol. The molecule has 2 fully saturated rings. The fraction of sp³-hybridized carbons (Fsp3) is 0.800. The fourth-order valence-electron chi connectivity index (χ4n) is 1.22. The van der Waals surface area contributed by atoms with Gasteiger partial charge in [0.05, 0.1) is 21.0 Å². The van der Waals surface area contributed by atoms with Gasteiger partial charge in [0, 0.05) is 0 Å². The Morgan fingerprint density at radius 2 is 2.40 bits per heavy atom. The molecule has 0 aromatic carbocycles. The van der Waals surface area contributed by atoms with Gasteiger partial charge in [0.1, 0.15) is 5.37 Å². The van der Waals surface area contributed by atoms with E-state index in [0.29, 0.717) is 0 Å². The number of fused-ring (bicyclic) bond motifs is 1. The lowest BCUT2D eigenvalue weighted by atomic mass is 9.98. The lowest BCUT2D eigenvalue weighted by Crippen LogP contribution is -2.56. The molecule has 2 heterocycles. The van der Waals surface area contributed by atoms with Gasteiger partial charge in [0.2, 0.25) is 5.91 Å². The second-order valence-electron chi connectivity index (χ2n) is 2.52. The molecule has 1 amide bonds. The predicted octanol–water partition coefficient (Wildman–Crippen LogP) is -0.143. The first-order valence-corrected chi connectivity index (χ1v) is 5.69. The molecule has 1 N–H and O–H groups in total. The van der Waals surface area contributed by atoms with Gasteiger partial charge in [0.25, 0.3) is 0 Å². The van der Waals surface area contributed by atoms with Crippen LogP contribution in [0.15, 0.2) is 0 Å². The smallest absolute Gasteiger partial charge is 0.228 e. The molecule has 56 valence electrons. The van der Waals surface area contributed by atoms with Crippen LogP contribution in [0.2, 0.25) is 0 Å². The molecule has 2 aliphatic rings. The topological polar surface area (TPSA) is 46.2 Å². The average Bonchev–Trinajstić information content (AvgIpc) is 2.05. The minimum Gasteiger partial charge on any atom is -0.342 e. The van der Waals surface area contributed by atoms with Crippen molar-refractivity contribution in [3.63, 3.8) is 0 Å². The number of hydrogen-bond donors (Lipinski definition) is 1. The number of nitrogens with one attached hydrogen (secondary N) is 1. The van der Waals surface area contributed by atoms with E-state index in [9.17, 15) is 9.00 Å². The number of β-lactam (4-membered cyclic amide) rings is 1. The van der Waals surface area contributed by atoms with E-state index in [1.54, 1.807) is 0 Å². The molecule has 0 radical (unpaired) electrons. The van der Waals surface area contributed by atoms with Gasteiger partial charge < -0.3 is 5.32 Å². The van der Waals surface area contributed by atoms with Gasteiger partial charge in [0.15, 0.2) is 0 Å². The van der Waals surface area contributed by atoms with Gasteiger partial charge in [-0.05, 0) is 17.7 Å². The SMILES string of the molecule is CC1C2C(=O)NC2SS1=O. The van der Waals surface area contributed by atoms with Gasteiger partial charge in [-0.25, -0.2) is 4.21 Å². The van der Waals surface area contributed by atoms with Crippen LogP contribution in [-0.4, -0.2) is 20.7 Å². The second-order valence-corrected chi connectivity index (χ2v) is 6.04. The van der Waals surface area contributed by atoms with E-state index in [2.05, 4.69) is 5.32 Å². The highest BCUT2D eigenvalue weighted by atomic mass is 33.1. The molecule has 4 unspecified atom stereocenters. The highest BCUT2D eigenvalue weighted by Gasteiger charge is 2.52. The Balaban J connectivity index is 2.23. The third-order valence-electron chi connectivity index (χ3n) is 1.92. The fourth-order valence-corrected chi connectivity index (χ4v) is 4.86. The summed E-state index contributed by atoms with van der Waals surface area (Å²) in [5.41, 5.74) is 0. The maximum atomic E-state index is 11.1. The zero-order chi connectivity index (χ0) is 7.30. The molecule has 0 bridgehead atoms. The molecular formula is C5H7NO2S2. The molecule has 3 nitrogen and oxygen atoms in total. The number of carbonyl (C=O) groups excluding carboxylic acids is 1. The first-order chi connectivity index (χ1) is 4.70.